The van der Waals surface area contributed by atoms with E-state index in [9.17, 15) is 0 Å². The van der Waals surface area contributed by atoms with Crippen molar-refractivity contribution in [2.24, 2.45) is 0 Å². The van der Waals surface area contributed by atoms with Gasteiger partial charge in [-0.2, -0.15) is 0 Å². The van der Waals surface area contributed by atoms with Crippen molar-refractivity contribution in [3.05, 3.63) is 118 Å². The molecule has 0 bridgehead atoms. The first-order valence-corrected chi connectivity index (χ1v) is 12.4. The molecular weight excluding hydrogens is 531 g/mol. The van der Waals surface area contributed by atoms with Crippen molar-refractivity contribution in [2.75, 3.05) is 7.11 Å². The fourth-order valence-electron chi connectivity index (χ4n) is 4.26. The lowest BCUT2D eigenvalue weighted by Crippen LogP contribution is -1.99. The highest BCUT2D eigenvalue weighted by atomic mass is 127. The van der Waals surface area contributed by atoms with Crippen LogP contribution in [0.4, 0.5) is 0 Å². The Morgan fingerprint density at radius 3 is 2.03 bits per heavy atom. The van der Waals surface area contributed by atoms with Crippen LogP contribution >= 0.6 is 22.6 Å². The Morgan fingerprint density at radius 2 is 1.35 bits per heavy atom. The van der Waals surface area contributed by atoms with Gasteiger partial charge in [0.05, 0.1) is 7.11 Å². The normalized spacial score (nSPS) is 10.9. The summed E-state index contributed by atoms with van der Waals surface area (Å²) in [6.07, 6.45) is 0. The molecule has 0 N–H and O–H groups in total. The van der Waals surface area contributed by atoms with Gasteiger partial charge in [0.15, 0.2) is 0 Å². The fourth-order valence-corrected chi connectivity index (χ4v) is 5.15. The monoisotopic (exact) mass is 556 g/mol. The first kappa shape index (κ1) is 22.5. The van der Waals surface area contributed by atoms with E-state index in [0.717, 1.165) is 42.5 Å². The van der Waals surface area contributed by atoms with E-state index in [1.54, 1.807) is 7.11 Å². The van der Waals surface area contributed by atoms with Crippen LogP contribution in [0.15, 0.2) is 103 Å². The van der Waals surface area contributed by atoms with Gasteiger partial charge < -0.3 is 9.47 Å². The molecule has 0 aliphatic heterocycles. The number of hydrogen-bond donors (Lipinski definition) is 0. The summed E-state index contributed by atoms with van der Waals surface area (Å²) in [4.78, 5) is 0. The summed E-state index contributed by atoms with van der Waals surface area (Å²) in [6.45, 7) is 2.62. The number of hydrogen-bond acceptors (Lipinski definition) is 2. The maximum absolute atomic E-state index is 6.38. The molecule has 0 saturated heterocycles. The Balaban J connectivity index is 1.73. The molecule has 0 amide bonds. The lowest BCUT2D eigenvalue weighted by Gasteiger charge is -2.18. The minimum Gasteiger partial charge on any atom is -0.496 e. The SMILES string of the molecule is COc1cc2c(OCc3ccccc3)cc(I)c(-c3ccccc3)c2cc1-c1ccc(C)cc1. The highest BCUT2D eigenvalue weighted by molar-refractivity contribution is 14.1. The van der Waals surface area contributed by atoms with Gasteiger partial charge in [-0.15, -0.1) is 0 Å². The molecule has 168 valence electrons. The molecule has 5 aromatic carbocycles. The van der Waals surface area contributed by atoms with Crippen molar-refractivity contribution < 1.29 is 9.47 Å². The predicted molar refractivity (Wildman–Crippen MR) is 150 cm³/mol. The summed E-state index contributed by atoms with van der Waals surface area (Å²) in [5, 5.41) is 2.19. The lowest BCUT2D eigenvalue weighted by atomic mass is 9.93. The topological polar surface area (TPSA) is 18.5 Å². The van der Waals surface area contributed by atoms with Crippen LogP contribution in [0.1, 0.15) is 11.1 Å². The van der Waals surface area contributed by atoms with Crippen LogP contribution in [0.5, 0.6) is 11.5 Å². The fraction of sp³-hybridized carbons (Fsp3) is 0.0968. The molecule has 5 rings (SSSR count). The van der Waals surface area contributed by atoms with Gasteiger partial charge in [0.1, 0.15) is 18.1 Å². The molecule has 0 aliphatic rings. The molecular formula is C31H25IO2. The van der Waals surface area contributed by atoms with Crippen molar-refractivity contribution in [2.45, 2.75) is 13.5 Å². The van der Waals surface area contributed by atoms with Crippen molar-refractivity contribution >= 4 is 33.4 Å². The molecule has 0 atom stereocenters. The standard InChI is InChI=1S/C31H25IO2/c1-21-13-15-23(16-14-21)25-17-27-26(18-29(25)33-2)30(34-20-22-9-5-3-6-10-22)19-28(32)31(27)24-11-7-4-8-12-24/h3-19H,20H2,1-2H3. The largest absolute Gasteiger partial charge is 0.496 e. The minimum atomic E-state index is 0.513. The highest BCUT2D eigenvalue weighted by Gasteiger charge is 2.18. The molecule has 0 spiro atoms. The molecule has 3 heteroatoms. The van der Waals surface area contributed by atoms with E-state index in [1.807, 2.05) is 18.2 Å². The van der Waals surface area contributed by atoms with Crippen molar-refractivity contribution in [3.63, 3.8) is 0 Å². The highest BCUT2D eigenvalue weighted by Crippen LogP contribution is 2.44. The second-order valence-corrected chi connectivity index (χ2v) is 9.50. The maximum atomic E-state index is 6.38. The van der Waals surface area contributed by atoms with Crippen LogP contribution in [-0.2, 0) is 6.61 Å². The number of halogens is 1. The van der Waals surface area contributed by atoms with E-state index in [0.29, 0.717) is 6.61 Å². The van der Waals surface area contributed by atoms with E-state index in [4.69, 9.17) is 9.47 Å². The summed E-state index contributed by atoms with van der Waals surface area (Å²) in [6, 6.07) is 35.9. The van der Waals surface area contributed by atoms with Gasteiger partial charge in [0.2, 0.25) is 0 Å². The third-order valence-electron chi connectivity index (χ3n) is 6.03. The molecule has 34 heavy (non-hydrogen) atoms. The molecule has 0 radical (unpaired) electrons. The van der Waals surface area contributed by atoms with Crippen LogP contribution in [0.25, 0.3) is 33.0 Å². The summed E-state index contributed by atoms with van der Waals surface area (Å²) in [5.74, 6) is 1.69. The Labute approximate surface area is 214 Å². The zero-order valence-electron chi connectivity index (χ0n) is 19.2. The summed E-state index contributed by atoms with van der Waals surface area (Å²) in [7, 11) is 1.73. The zero-order valence-corrected chi connectivity index (χ0v) is 21.4. The Kier molecular flexibility index (Phi) is 6.54. The van der Waals surface area contributed by atoms with Crippen LogP contribution in [0, 0.1) is 10.5 Å². The van der Waals surface area contributed by atoms with Gasteiger partial charge in [-0.05, 0) is 69.8 Å². The molecule has 5 aromatic rings. The van der Waals surface area contributed by atoms with Crippen LogP contribution < -0.4 is 9.47 Å². The van der Waals surface area contributed by atoms with Gasteiger partial charge in [-0.3, -0.25) is 0 Å². The van der Waals surface area contributed by atoms with Crippen LogP contribution in [-0.4, -0.2) is 7.11 Å². The van der Waals surface area contributed by atoms with Crippen molar-refractivity contribution in [1.82, 2.24) is 0 Å². The Morgan fingerprint density at radius 1 is 0.676 bits per heavy atom. The van der Waals surface area contributed by atoms with E-state index in [2.05, 4.69) is 114 Å². The van der Waals surface area contributed by atoms with Gasteiger partial charge in [0, 0.05) is 20.1 Å². The van der Waals surface area contributed by atoms with Gasteiger partial charge >= 0.3 is 0 Å². The van der Waals surface area contributed by atoms with Gasteiger partial charge in [-0.1, -0.05) is 90.5 Å². The Bertz CT molecular complexity index is 1430. The first-order valence-electron chi connectivity index (χ1n) is 11.3. The van der Waals surface area contributed by atoms with Crippen molar-refractivity contribution in [1.29, 1.82) is 0 Å². The number of aryl methyl sites for hydroxylation is 1. The van der Waals surface area contributed by atoms with Crippen LogP contribution in [0.3, 0.4) is 0 Å². The molecule has 0 saturated carbocycles. The molecule has 2 nitrogen and oxygen atoms in total. The molecule has 0 aromatic heterocycles. The first-order chi connectivity index (χ1) is 16.6. The third-order valence-corrected chi connectivity index (χ3v) is 6.88. The van der Waals surface area contributed by atoms with E-state index in [1.165, 1.54) is 16.7 Å². The minimum absolute atomic E-state index is 0.513. The quantitative estimate of drug-likeness (QED) is 0.195. The summed E-state index contributed by atoms with van der Waals surface area (Å²) in [5.41, 5.74) is 6.98. The van der Waals surface area contributed by atoms with Crippen molar-refractivity contribution in [3.8, 4) is 33.8 Å². The third kappa shape index (κ3) is 4.53. The molecule has 0 fully saturated rings. The number of rotatable bonds is 6. The second kappa shape index (κ2) is 9.90. The molecule has 0 heterocycles. The molecule has 0 unspecified atom stereocenters. The predicted octanol–water partition coefficient (Wildman–Crippen LogP) is 8.67. The second-order valence-electron chi connectivity index (χ2n) is 8.34. The van der Waals surface area contributed by atoms with E-state index in [-0.39, 0.29) is 0 Å². The molecule has 0 aliphatic carbocycles. The smallest absolute Gasteiger partial charge is 0.128 e. The number of methoxy groups -OCH3 is 1. The maximum Gasteiger partial charge on any atom is 0.128 e. The van der Waals surface area contributed by atoms with E-state index >= 15 is 0 Å². The Hall–Kier alpha value is -3.31. The number of ether oxygens (including phenoxy) is 2. The lowest BCUT2D eigenvalue weighted by molar-refractivity contribution is 0.310. The average molecular weight is 556 g/mol. The number of fused-ring (bicyclic) bond motifs is 1. The van der Waals surface area contributed by atoms with E-state index < -0.39 is 0 Å². The van der Waals surface area contributed by atoms with Gasteiger partial charge in [0.25, 0.3) is 0 Å². The van der Waals surface area contributed by atoms with Gasteiger partial charge in [-0.25, -0.2) is 0 Å². The summed E-state index contributed by atoms with van der Waals surface area (Å²) < 4.78 is 13.4. The zero-order chi connectivity index (χ0) is 23.5. The number of benzene rings is 5. The average Bonchev–Trinajstić information content (AvgIpc) is 2.88. The van der Waals surface area contributed by atoms with Crippen LogP contribution in [0.2, 0.25) is 0 Å². The summed E-state index contributed by atoms with van der Waals surface area (Å²) >= 11 is 2.43.